The molecule has 1 aliphatic heterocycles. The molecule has 0 aromatic heterocycles. The van der Waals surface area contributed by atoms with Gasteiger partial charge in [0, 0.05) is 10.0 Å². The lowest BCUT2D eigenvalue weighted by atomic mass is 10.1. The number of rotatable bonds is 3. The summed E-state index contributed by atoms with van der Waals surface area (Å²) in [6.07, 6.45) is 0.371. The van der Waals surface area contributed by atoms with E-state index in [1.54, 1.807) is 18.2 Å². The van der Waals surface area contributed by atoms with Gasteiger partial charge in [-0.15, -0.1) is 0 Å². The van der Waals surface area contributed by atoms with Crippen LogP contribution in [-0.4, -0.2) is 16.9 Å². The molecule has 1 heterocycles. The van der Waals surface area contributed by atoms with Gasteiger partial charge in [-0.2, -0.15) is 5.26 Å². The molecule has 1 saturated heterocycles. The zero-order valence-corrected chi connectivity index (χ0v) is 13.3. The van der Waals surface area contributed by atoms with Gasteiger partial charge in [-0.25, -0.2) is 0 Å². The Labute approximate surface area is 136 Å². The third-order valence-corrected chi connectivity index (χ3v) is 4.70. The van der Waals surface area contributed by atoms with Crippen LogP contribution < -0.4 is 5.32 Å². The first-order valence-corrected chi connectivity index (χ1v) is 7.62. The Balaban J connectivity index is 2.24. The Morgan fingerprint density at radius 1 is 1.48 bits per heavy atom. The Morgan fingerprint density at radius 3 is 2.81 bits per heavy atom. The maximum atomic E-state index is 12.0. The van der Waals surface area contributed by atoms with E-state index in [9.17, 15) is 9.59 Å². The number of carbonyl (C=O) groups excluding carboxylic acids is 2. The van der Waals surface area contributed by atoms with E-state index in [0.717, 1.165) is 17.3 Å². The van der Waals surface area contributed by atoms with Crippen LogP contribution in [0.2, 0.25) is 10.0 Å². The maximum absolute atomic E-state index is 12.0. The van der Waals surface area contributed by atoms with E-state index < -0.39 is 5.25 Å². The van der Waals surface area contributed by atoms with Gasteiger partial charge in [-0.3, -0.25) is 9.59 Å². The van der Waals surface area contributed by atoms with Crippen LogP contribution in [-0.2, 0) is 16.0 Å². The summed E-state index contributed by atoms with van der Waals surface area (Å²) in [5.41, 5.74) is 0.715. The Morgan fingerprint density at radius 2 is 2.19 bits per heavy atom. The molecule has 0 aliphatic carbocycles. The summed E-state index contributed by atoms with van der Waals surface area (Å²) in [6.45, 7) is 1.29. The van der Waals surface area contributed by atoms with Gasteiger partial charge in [-0.1, -0.05) is 35.0 Å². The largest absolute Gasteiger partial charge is 0.318 e. The van der Waals surface area contributed by atoms with Crippen LogP contribution in [0.15, 0.2) is 28.8 Å². The Bertz CT molecular complexity index is 695. The zero-order valence-electron chi connectivity index (χ0n) is 10.9. The van der Waals surface area contributed by atoms with Crippen molar-refractivity contribution < 1.29 is 9.59 Å². The van der Waals surface area contributed by atoms with Crippen LogP contribution in [0.3, 0.4) is 0 Å². The highest BCUT2D eigenvalue weighted by molar-refractivity contribution is 8.04. The molecule has 1 aromatic carbocycles. The lowest BCUT2D eigenvalue weighted by Crippen LogP contribution is -2.24. The van der Waals surface area contributed by atoms with E-state index in [-0.39, 0.29) is 17.3 Å². The van der Waals surface area contributed by atoms with E-state index in [2.05, 4.69) is 5.32 Å². The molecule has 1 atom stereocenters. The molecule has 1 N–H and O–H groups in total. The number of nitrogens with one attached hydrogen (secondary N) is 1. The Kier molecular flexibility index (Phi) is 4.94. The van der Waals surface area contributed by atoms with Crippen molar-refractivity contribution in [2.24, 2.45) is 0 Å². The van der Waals surface area contributed by atoms with Gasteiger partial charge >= 0.3 is 0 Å². The smallest absolute Gasteiger partial charge is 0.238 e. The van der Waals surface area contributed by atoms with Crippen LogP contribution in [0, 0.1) is 11.3 Å². The Hall–Kier alpha value is -1.48. The average Bonchev–Trinajstić information content (AvgIpc) is 2.75. The molecule has 1 amide bonds. The average molecular weight is 341 g/mol. The molecule has 0 saturated carbocycles. The fraction of sp³-hybridized carbons (Fsp3) is 0.214. The van der Waals surface area contributed by atoms with Crippen LogP contribution in [0.5, 0.6) is 0 Å². The highest BCUT2D eigenvalue weighted by Gasteiger charge is 2.32. The molecule has 4 nitrogen and oxygen atoms in total. The lowest BCUT2D eigenvalue weighted by Gasteiger charge is -2.08. The van der Waals surface area contributed by atoms with E-state index in [4.69, 9.17) is 28.5 Å². The molecule has 0 spiro atoms. The van der Waals surface area contributed by atoms with Crippen LogP contribution in [0.4, 0.5) is 0 Å². The van der Waals surface area contributed by atoms with Gasteiger partial charge in [0.25, 0.3) is 0 Å². The first-order chi connectivity index (χ1) is 9.92. The summed E-state index contributed by atoms with van der Waals surface area (Å²) in [5, 5.41) is 12.5. The fourth-order valence-electron chi connectivity index (χ4n) is 1.86. The summed E-state index contributed by atoms with van der Waals surface area (Å²) in [6, 6.07) is 6.86. The SMILES string of the molecule is CC(=O)/C(C#N)=C1/NC(=O)[C@@H](Cc2cc(Cl)ccc2Cl)S1. The molecule has 1 aliphatic rings. The number of thioether (sulfide) groups is 1. The number of amides is 1. The van der Waals surface area contributed by atoms with Crippen molar-refractivity contribution in [3.05, 3.63) is 44.4 Å². The summed E-state index contributed by atoms with van der Waals surface area (Å²) >= 11 is 13.2. The standard InChI is InChI=1S/C14H10Cl2N2O2S/c1-7(19)10(6-17)14-18-13(20)12(21-14)5-8-4-9(15)2-3-11(8)16/h2-4,12H,5H2,1H3,(H,18,20)/b14-10-/t12-/m1/s1. The molecule has 108 valence electrons. The molecule has 1 fully saturated rings. The highest BCUT2D eigenvalue weighted by atomic mass is 35.5. The second-order valence-electron chi connectivity index (χ2n) is 4.41. The lowest BCUT2D eigenvalue weighted by molar-refractivity contribution is -0.119. The van der Waals surface area contributed by atoms with Gasteiger partial charge in [0.15, 0.2) is 5.78 Å². The van der Waals surface area contributed by atoms with Crippen molar-refractivity contribution in [1.29, 1.82) is 5.26 Å². The van der Waals surface area contributed by atoms with Crippen LogP contribution in [0.1, 0.15) is 12.5 Å². The number of benzene rings is 1. The van der Waals surface area contributed by atoms with Crippen LogP contribution in [0.25, 0.3) is 0 Å². The van der Waals surface area contributed by atoms with Crippen molar-refractivity contribution in [3.63, 3.8) is 0 Å². The molecular formula is C14H10Cl2N2O2S. The van der Waals surface area contributed by atoms with Gasteiger partial charge in [0.2, 0.25) is 5.91 Å². The number of hydrogen-bond donors (Lipinski definition) is 1. The number of ketones is 1. The second kappa shape index (κ2) is 6.52. The van der Waals surface area contributed by atoms with E-state index in [0.29, 0.717) is 21.5 Å². The molecule has 0 bridgehead atoms. The minimum Gasteiger partial charge on any atom is -0.318 e. The monoisotopic (exact) mass is 340 g/mol. The number of carbonyl (C=O) groups is 2. The van der Waals surface area contributed by atoms with Crippen molar-refractivity contribution in [2.75, 3.05) is 0 Å². The molecule has 1 aromatic rings. The quantitative estimate of drug-likeness (QED) is 0.678. The van der Waals surface area contributed by atoms with Gasteiger partial charge < -0.3 is 5.32 Å². The first-order valence-electron chi connectivity index (χ1n) is 5.99. The minimum absolute atomic E-state index is 0.0342. The van der Waals surface area contributed by atoms with Crippen LogP contribution >= 0.6 is 35.0 Å². The number of halogens is 2. The predicted octanol–water partition coefficient (Wildman–Crippen LogP) is 3.09. The number of allylic oxidation sites excluding steroid dienone is 1. The van der Waals surface area contributed by atoms with Crippen molar-refractivity contribution in [3.8, 4) is 6.07 Å². The second-order valence-corrected chi connectivity index (χ2v) is 6.46. The van der Waals surface area contributed by atoms with E-state index >= 15 is 0 Å². The zero-order chi connectivity index (χ0) is 15.6. The van der Waals surface area contributed by atoms with Crippen molar-refractivity contribution >= 4 is 46.7 Å². The van der Waals surface area contributed by atoms with E-state index in [1.165, 1.54) is 6.92 Å². The fourth-order valence-corrected chi connectivity index (χ4v) is 3.43. The summed E-state index contributed by atoms with van der Waals surface area (Å²) in [4.78, 5) is 23.3. The topological polar surface area (TPSA) is 70.0 Å². The normalized spacial score (nSPS) is 19.9. The highest BCUT2D eigenvalue weighted by Crippen LogP contribution is 2.33. The molecule has 2 rings (SSSR count). The van der Waals surface area contributed by atoms with Crippen molar-refractivity contribution in [1.82, 2.24) is 5.32 Å². The molecule has 21 heavy (non-hydrogen) atoms. The molecular weight excluding hydrogens is 331 g/mol. The van der Waals surface area contributed by atoms with Gasteiger partial charge in [0.1, 0.15) is 11.6 Å². The van der Waals surface area contributed by atoms with Gasteiger partial charge in [-0.05, 0) is 37.1 Å². The third kappa shape index (κ3) is 3.59. The predicted molar refractivity (Wildman–Crippen MR) is 83.0 cm³/mol. The number of hydrogen-bond acceptors (Lipinski definition) is 4. The van der Waals surface area contributed by atoms with Crippen molar-refractivity contribution in [2.45, 2.75) is 18.6 Å². The first kappa shape index (κ1) is 15.9. The van der Waals surface area contributed by atoms with Gasteiger partial charge in [0.05, 0.1) is 10.3 Å². The molecule has 7 heteroatoms. The number of nitrogens with zero attached hydrogens (tertiary/aromatic N) is 1. The molecule has 0 unspecified atom stereocenters. The summed E-state index contributed by atoms with van der Waals surface area (Å²) in [5.74, 6) is -0.623. The maximum Gasteiger partial charge on any atom is 0.238 e. The summed E-state index contributed by atoms with van der Waals surface area (Å²) in [7, 11) is 0. The summed E-state index contributed by atoms with van der Waals surface area (Å²) < 4.78 is 0. The van der Waals surface area contributed by atoms with E-state index in [1.807, 2.05) is 6.07 Å². The molecule has 0 radical (unpaired) electrons. The minimum atomic E-state index is -0.446. The third-order valence-electron chi connectivity index (χ3n) is 2.89. The number of Topliss-reactive ketones (excluding diaryl/α,β-unsaturated/α-hetero) is 1. The number of nitriles is 1.